The number of carboxylic acids is 1. The average Bonchev–Trinajstić information content (AvgIpc) is 2.18. The van der Waals surface area contributed by atoms with E-state index in [0.717, 1.165) is 17.7 Å². The highest BCUT2D eigenvalue weighted by Crippen LogP contribution is 2.40. The first-order valence-electron chi connectivity index (χ1n) is 6.13. The summed E-state index contributed by atoms with van der Waals surface area (Å²) in [6.07, 6.45) is -1.81. The highest BCUT2D eigenvalue weighted by Gasteiger charge is 2.43. The Morgan fingerprint density at radius 2 is 1.89 bits per heavy atom. The van der Waals surface area contributed by atoms with Gasteiger partial charge in [0.1, 0.15) is 0 Å². The number of nitrogens with zero attached hydrogens (tertiary/aromatic N) is 1. The van der Waals surface area contributed by atoms with Crippen molar-refractivity contribution < 1.29 is 23.1 Å². The van der Waals surface area contributed by atoms with Crippen LogP contribution in [0.15, 0.2) is 0 Å². The van der Waals surface area contributed by atoms with Gasteiger partial charge in [-0.3, -0.25) is 9.69 Å². The van der Waals surface area contributed by atoms with Gasteiger partial charge in [0.2, 0.25) is 0 Å². The SMILES string of the molecule is CC1CCC(CN(C)CC(F)(F)F)(C(=O)O)CC1. The van der Waals surface area contributed by atoms with Crippen molar-refractivity contribution >= 4 is 5.97 Å². The van der Waals surface area contributed by atoms with Gasteiger partial charge >= 0.3 is 12.1 Å². The van der Waals surface area contributed by atoms with Gasteiger partial charge < -0.3 is 5.11 Å². The maximum Gasteiger partial charge on any atom is 0.401 e. The molecule has 0 aromatic carbocycles. The summed E-state index contributed by atoms with van der Waals surface area (Å²) in [7, 11) is 1.33. The zero-order chi connectivity index (χ0) is 14.0. The molecule has 0 saturated heterocycles. The Bertz CT molecular complexity index is 296. The van der Waals surface area contributed by atoms with Crippen molar-refractivity contribution in [2.45, 2.75) is 38.8 Å². The fourth-order valence-electron chi connectivity index (χ4n) is 2.63. The molecule has 18 heavy (non-hydrogen) atoms. The number of halogens is 3. The minimum atomic E-state index is -4.28. The maximum absolute atomic E-state index is 12.3. The van der Waals surface area contributed by atoms with Crippen LogP contribution in [-0.4, -0.2) is 42.3 Å². The number of aliphatic carboxylic acids is 1. The molecule has 1 aliphatic carbocycles. The van der Waals surface area contributed by atoms with E-state index in [4.69, 9.17) is 0 Å². The fraction of sp³-hybridized carbons (Fsp3) is 0.917. The molecule has 1 fully saturated rings. The maximum atomic E-state index is 12.3. The normalized spacial score (nSPS) is 29.6. The third-order valence-electron chi connectivity index (χ3n) is 3.71. The minimum absolute atomic E-state index is 0.0332. The molecular weight excluding hydrogens is 247 g/mol. The highest BCUT2D eigenvalue weighted by molar-refractivity contribution is 5.75. The van der Waals surface area contributed by atoms with Gasteiger partial charge in [-0.15, -0.1) is 0 Å². The van der Waals surface area contributed by atoms with E-state index >= 15 is 0 Å². The van der Waals surface area contributed by atoms with Crippen molar-refractivity contribution in [3.05, 3.63) is 0 Å². The van der Waals surface area contributed by atoms with E-state index in [1.165, 1.54) is 7.05 Å². The second-order valence-corrected chi connectivity index (χ2v) is 5.56. The second kappa shape index (κ2) is 5.47. The average molecular weight is 267 g/mol. The van der Waals surface area contributed by atoms with Crippen LogP contribution in [0.1, 0.15) is 32.6 Å². The Hall–Kier alpha value is -0.780. The molecule has 1 aliphatic rings. The summed E-state index contributed by atoms with van der Waals surface area (Å²) in [6.45, 7) is 0.956. The Morgan fingerprint density at radius 1 is 1.39 bits per heavy atom. The Kier molecular flexibility index (Phi) is 4.64. The van der Waals surface area contributed by atoms with Gasteiger partial charge in [-0.1, -0.05) is 6.92 Å². The first kappa shape index (κ1) is 15.3. The van der Waals surface area contributed by atoms with E-state index in [1.807, 2.05) is 6.92 Å². The van der Waals surface area contributed by atoms with Crippen molar-refractivity contribution in [1.29, 1.82) is 0 Å². The molecule has 1 saturated carbocycles. The van der Waals surface area contributed by atoms with Crippen molar-refractivity contribution in [1.82, 2.24) is 4.90 Å². The first-order chi connectivity index (χ1) is 8.15. The van der Waals surface area contributed by atoms with Gasteiger partial charge in [-0.25, -0.2) is 0 Å². The molecule has 0 aromatic rings. The van der Waals surface area contributed by atoms with Gasteiger partial charge in [-0.05, 0) is 38.6 Å². The molecule has 0 atom stereocenters. The molecule has 6 heteroatoms. The molecule has 0 unspecified atom stereocenters. The zero-order valence-electron chi connectivity index (χ0n) is 10.8. The molecule has 1 rings (SSSR count). The van der Waals surface area contributed by atoms with E-state index in [2.05, 4.69) is 0 Å². The number of rotatable bonds is 4. The summed E-state index contributed by atoms with van der Waals surface area (Å²) in [5.41, 5.74) is -1.01. The number of carboxylic acid groups (broad SMARTS) is 1. The molecular formula is C12H20F3NO2. The van der Waals surface area contributed by atoms with Gasteiger partial charge in [0.05, 0.1) is 12.0 Å². The van der Waals surface area contributed by atoms with Crippen molar-refractivity contribution in [3.63, 3.8) is 0 Å². The van der Waals surface area contributed by atoms with Crippen LogP contribution in [0.3, 0.4) is 0 Å². The van der Waals surface area contributed by atoms with Crippen molar-refractivity contribution in [2.75, 3.05) is 20.1 Å². The number of alkyl halides is 3. The summed E-state index contributed by atoms with van der Waals surface area (Å²) in [5.74, 6) is -0.506. The van der Waals surface area contributed by atoms with Crippen LogP contribution < -0.4 is 0 Å². The molecule has 0 aliphatic heterocycles. The first-order valence-corrected chi connectivity index (χ1v) is 6.13. The molecule has 0 bridgehead atoms. The molecule has 106 valence electrons. The minimum Gasteiger partial charge on any atom is -0.481 e. The van der Waals surface area contributed by atoms with Crippen LogP contribution in [0, 0.1) is 11.3 Å². The number of hydrogen-bond acceptors (Lipinski definition) is 2. The molecule has 0 amide bonds. The third kappa shape index (κ3) is 4.15. The van der Waals surface area contributed by atoms with Gasteiger partial charge in [-0.2, -0.15) is 13.2 Å². The molecule has 0 radical (unpaired) electrons. The van der Waals surface area contributed by atoms with Gasteiger partial charge in [0, 0.05) is 6.54 Å². The summed E-state index contributed by atoms with van der Waals surface area (Å²) < 4.78 is 36.8. The van der Waals surface area contributed by atoms with Crippen LogP contribution >= 0.6 is 0 Å². The summed E-state index contributed by atoms with van der Waals surface area (Å²) >= 11 is 0. The zero-order valence-corrected chi connectivity index (χ0v) is 10.8. The van der Waals surface area contributed by atoms with Gasteiger partial charge in [0.15, 0.2) is 0 Å². The lowest BCUT2D eigenvalue weighted by Crippen LogP contribution is -2.46. The summed E-state index contributed by atoms with van der Waals surface area (Å²) in [6, 6.07) is 0. The summed E-state index contributed by atoms with van der Waals surface area (Å²) in [5, 5.41) is 9.31. The monoisotopic (exact) mass is 267 g/mol. The number of hydrogen-bond donors (Lipinski definition) is 1. The van der Waals surface area contributed by atoms with E-state index in [-0.39, 0.29) is 6.54 Å². The van der Waals surface area contributed by atoms with Crippen LogP contribution in [0.4, 0.5) is 13.2 Å². The van der Waals surface area contributed by atoms with Crippen LogP contribution in [-0.2, 0) is 4.79 Å². The second-order valence-electron chi connectivity index (χ2n) is 5.56. The van der Waals surface area contributed by atoms with Crippen LogP contribution in [0.5, 0.6) is 0 Å². The van der Waals surface area contributed by atoms with E-state index in [1.54, 1.807) is 0 Å². The third-order valence-corrected chi connectivity index (χ3v) is 3.71. The largest absolute Gasteiger partial charge is 0.481 e. The predicted octanol–water partition coefficient (Wildman–Crippen LogP) is 2.76. The lowest BCUT2D eigenvalue weighted by molar-refractivity contribution is -0.161. The Labute approximate surface area is 105 Å². The molecule has 0 heterocycles. The highest BCUT2D eigenvalue weighted by atomic mass is 19.4. The smallest absolute Gasteiger partial charge is 0.401 e. The lowest BCUT2D eigenvalue weighted by Gasteiger charge is -2.38. The fourth-order valence-corrected chi connectivity index (χ4v) is 2.63. The number of carbonyl (C=O) groups is 1. The Morgan fingerprint density at radius 3 is 2.28 bits per heavy atom. The lowest BCUT2D eigenvalue weighted by atomic mass is 9.70. The van der Waals surface area contributed by atoms with Crippen molar-refractivity contribution in [2.24, 2.45) is 11.3 Å². The topological polar surface area (TPSA) is 40.5 Å². The van der Waals surface area contributed by atoms with Crippen molar-refractivity contribution in [3.8, 4) is 0 Å². The van der Waals surface area contributed by atoms with E-state index in [9.17, 15) is 23.1 Å². The molecule has 1 N–H and O–H groups in total. The quantitative estimate of drug-likeness (QED) is 0.851. The van der Waals surface area contributed by atoms with E-state index in [0.29, 0.717) is 18.8 Å². The Balaban J connectivity index is 2.66. The predicted molar refractivity (Wildman–Crippen MR) is 61.3 cm³/mol. The van der Waals surface area contributed by atoms with Crippen LogP contribution in [0.25, 0.3) is 0 Å². The molecule has 0 spiro atoms. The molecule has 3 nitrogen and oxygen atoms in total. The molecule has 0 aromatic heterocycles. The standard InChI is InChI=1S/C12H20F3NO2/c1-9-3-5-11(6-4-9,10(17)18)7-16(2)8-12(13,14)15/h9H,3-8H2,1-2H3,(H,17,18). The van der Waals surface area contributed by atoms with Crippen LogP contribution in [0.2, 0.25) is 0 Å². The van der Waals surface area contributed by atoms with Gasteiger partial charge in [0.25, 0.3) is 0 Å². The summed E-state index contributed by atoms with van der Waals surface area (Å²) in [4.78, 5) is 12.4. The van der Waals surface area contributed by atoms with E-state index < -0.39 is 24.1 Å².